The first-order valence-corrected chi connectivity index (χ1v) is 5.60. The summed E-state index contributed by atoms with van der Waals surface area (Å²) in [6, 6.07) is 0. The number of amides is 1. The fourth-order valence-electron chi connectivity index (χ4n) is 1.55. The predicted molar refractivity (Wildman–Crippen MR) is 58.1 cm³/mol. The van der Waals surface area contributed by atoms with Crippen molar-refractivity contribution < 1.29 is 4.79 Å². The molecule has 1 fully saturated rings. The molecule has 82 valence electrons. The Kier molecular flexibility index (Phi) is 3.93. The van der Waals surface area contributed by atoms with Gasteiger partial charge in [-0.3, -0.25) is 4.79 Å². The van der Waals surface area contributed by atoms with Crippen LogP contribution in [0.15, 0.2) is 0 Å². The lowest BCUT2D eigenvalue weighted by atomic mass is 10.1. The van der Waals surface area contributed by atoms with Gasteiger partial charge in [-0.15, -0.1) is 0 Å². The van der Waals surface area contributed by atoms with E-state index in [9.17, 15) is 4.79 Å². The number of nitrogens with one attached hydrogen (secondary N) is 1. The molecule has 0 aromatic rings. The second kappa shape index (κ2) is 4.78. The highest BCUT2D eigenvalue weighted by molar-refractivity contribution is 5.78. The Hall–Kier alpha value is -0.570. The number of carbonyl (C=O) groups excluding carboxylic acids is 1. The lowest BCUT2D eigenvalue weighted by molar-refractivity contribution is -0.129. The van der Waals surface area contributed by atoms with Gasteiger partial charge in [0.15, 0.2) is 0 Å². The maximum atomic E-state index is 11.6. The van der Waals surface area contributed by atoms with Crippen LogP contribution in [0.1, 0.15) is 33.6 Å². The van der Waals surface area contributed by atoms with E-state index in [0.717, 1.165) is 19.6 Å². The highest BCUT2D eigenvalue weighted by Gasteiger charge is 2.36. The van der Waals surface area contributed by atoms with Crippen LogP contribution in [0, 0.1) is 5.41 Å². The van der Waals surface area contributed by atoms with E-state index in [1.807, 2.05) is 18.7 Å². The first-order valence-electron chi connectivity index (χ1n) is 5.60. The molecule has 0 aromatic heterocycles. The number of rotatable bonds is 6. The number of carbonyl (C=O) groups is 1. The summed E-state index contributed by atoms with van der Waals surface area (Å²) in [6.45, 7) is 9.41. The van der Waals surface area contributed by atoms with Gasteiger partial charge in [0.2, 0.25) is 5.91 Å². The smallest absolute Gasteiger partial charge is 0.236 e. The monoisotopic (exact) mass is 198 g/mol. The quantitative estimate of drug-likeness (QED) is 0.696. The number of nitrogens with zero attached hydrogens (tertiary/aromatic N) is 1. The average Bonchev–Trinajstić information content (AvgIpc) is 2.86. The summed E-state index contributed by atoms with van der Waals surface area (Å²) < 4.78 is 0. The van der Waals surface area contributed by atoms with Crippen LogP contribution in [0.2, 0.25) is 0 Å². The minimum Gasteiger partial charge on any atom is -0.342 e. The molecular weight excluding hydrogens is 176 g/mol. The maximum absolute atomic E-state index is 11.6. The van der Waals surface area contributed by atoms with Gasteiger partial charge < -0.3 is 10.2 Å². The summed E-state index contributed by atoms with van der Waals surface area (Å²) in [4.78, 5) is 13.4. The second-order valence-corrected chi connectivity index (χ2v) is 4.48. The molecule has 0 unspecified atom stereocenters. The number of likely N-dealkylation sites (N-methyl/N-ethyl adjacent to an activating group) is 1. The van der Waals surface area contributed by atoms with Crippen molar-refractivity contribution in [3.8, 4) is 0 Å². The first-order chi connectivity index (χ1) is 6.61. The van der Waals surface area contributed by atoms with Crippen molar-refractivity contribution in [3.05, 3.63) is 0 Å². The summed E-state index contributed by atoms with van der Waals surface area (Å²) >= 11 is 0. The van der Waals surface area contributed by atoms with E-state index in [4.69, 9.17) is 0 Å². The van der Waals surface area contributed by atoms with Crippen LogP contribution in [-0.4, -0.2) is 37.0 Å². The molecule has 14 heavy (non-hydrogen) atoms. The normalized spacial score (nSPS) is 17.9. The highest BCUT2D eigenvalue weighted by Crippen LogP contribution is 2.43. The summed E-state index contributed by atoms with van der Waals surface area (Å²) in [5.41, 5.74) is 0.490. The third-order valence-electron chi connectivity index (χ3n) is 3.05. The van der Waals surface area contributed by atoms with E-state index in [1.165, 1.54) is 12.8 Å². The Labute approximate surface area is 86.9 Å². The zero-order valence-electron chi connectivity index (χ0n) is 9.60. The number of hydrogen-bond acceptors (Lipinski definition) is 2. The maximum Gasteiger partial charge on any atom is 0.236 e. The Morgan fingerprint density at radius 3 is 2.36 bits per heavy atom. The summed E-state index contributed by atoms with van der Waals surface area (Å²) in [5.74, 6) is 0.222. The van der Waals surface area contributed by atoms with Crippen molar-refractivity contribution >= 4 is 5.91 Å². The molecule has 0 aliphatic heterocycles. The van der Waals surface area contributed by atoms with Gasteiger partial charge in [-0.05, 0) is 32.1 Å². The van der Waals surface area contributed by atoms with Crippen molar-refractivity contribution in [2.24, 2.45) is 5.41 Å². The molecule has 0 radical (unpaired) electrons. The Bertz CT molecular complexity index is 195. The van der Waals surface area contributed by atoms with Gasteiger partial charge in [0.1, 0.15) is 0 Å². The SMILES string of the molecule is CCN(CC)C(=O)CNCC1(C)CC1. The van der Waals surface area contributed by atoms with E-state index in [-0.39, 0.29) is 5.91 Å². The van der Waals surface area contributed by atoms with Crippen LogP contribution in [0.5, 0.6) is 0 Å². The first kappa shape index (κ1) is 11.5. The third kappa shape index (κ3) is 3.29. The minimum absolute atomic E-state index is 0.222. The molecule has 1 aliphatic rings. The van der Waals surface area contributed by atoms with Gasteiger partial charge in [-0.25, -0.2) is 0 Å². The van der Waals surface area contributed by atoms with Gasteiger partial charge in [0.05, 0.1) is 6.54 Å². The van der Waals surface area contributed by atoms with Crippen LogP contribution in [-0.2, 0) is 4.79 Å². The van der Waals surface area contributed by atoms with Gasteiger partial charge in [-0.2, -0.15) is 0 Å². The van der Waals surface area contributed by atoms with Crippen LogP contribution < -0.4 is 5.32 Å². The molecule has 3 nitrogen and oxygen atoms in total. The molecule has 1 saturated carbocycles. The van der Waals surface area contributed by atoms with Gasteiger partial charge in [0, 0.05) is 19.6 Å². The van der Waals surface area contributed by atoms with Crippen LogP contribution in [0.3, 0.4) is 0 Å². The number of hydrogen-bond donors (Lipinski definition) is 1. The zero-order chi connectivity index (χ0) is 10.6. The minimum atomic E-state index is 0.222. The van der Waals surface area contributed by atoms with E-state index < -0.39 is 0 Å². The molecule has 0 aromatic carbocycles. The summed E-state index contributed by atoms with van der Waals surface area (Å²) in [5, 5.41) is 3.25. The fraction of sp³-hybridized carbons (Fsp3) is 0.909. The largest absolute Gasteiger partial charge is 0.342 e. The average molecular weight is 198 g/mol. The van der Waals surface area contributed by atoms with Crippen molar-refractivity contribution in [3.63, 3.8) is 0 Å². The van der Waals surface area contributed by atoms with Crippen molar-refractivity contribution in [1.82, 2.24) is 10.2 Å². The third-order valence-corrected chi connectivity index (χ3v) is 3.05. The molecule has 0 atom stereocenters. The van der Waals surface area contributed by atoms with E-state index >= 15 is 0 Å². The van der Waals surface area contributed by atoms with Gasteiger partial charge in [-0.1, -0.05) is 6.92 Å². The molecule has 0 bridgehead atoms. The molecule has 1 aliphatic carbocycles. The lowest BCUT2D eigenvalue weighted by Crippen LogP contribution is -2.39. The Morgan fingerprint density at radius 2 is 1.93 bits per heavy atom. The highest BCUT2D eigenvalue weighted by atomic mass is 16.2. The Balaban J connectivity index is 2.13. The zero-order valence-corrected chi connectivity index (χ0v) is 9.60. The van der Waals surface area contributed by atoms with Crippen molar-refractivity contribution in [1.29, 1.82) is 0 Å². The topological polar surface area (TPSA) is 32.3 Å². The van der Waals surface area contributed by atoms with Crippen LogP contribution in [0.25, 0.3) is 0 Å². The van der Waals surface area contributed by atoms with Crippen molar-refractivity contribution in [2.75, 3.05) is 26.2 Å². The van der Waals surface area contributed by atoms with E-state index in [0.29, 0.717) is 12.0 Å². The predicted octanol–water partition coefficient (Wildman–Crippen LogP) is 1.24. The summed E-state index contributed by atoms with van der Waals surface area (Å²) in [7, 11) is 0. The summed E-state index contributed by atoms with van der Waals surface area (Å²) in [6.07, 6.45) is 2.61. The lowest BCUT2D eigenvalue weighted by Gasteiger charge is -2.19. The van der Waals surface area contributed by atoms with Crippen LogP contribution >= 0.6 is 0 Å². The van der Waals surface area contributed by atoms with Gasteiger partial charge in [0.25, 0.3) is 0 Å². The van der Waals surface area contributed by atoms with Crippen LogP contribution in [0.4, 0.5) is 0 Å². The fourth-order valence-corrected chi connectivity index (χ4v) is 1.55. The standard InChI is InChI=1S/C11H22N2O/c1-4-13(5-2)10(14)8-12-9-11(3)6-7-11/h12H,4-9H2,1-3H3. The molecular formula is C11H22N2O. The molecule has 0 saturated heterocycles. The molecule has 1 N–H and O–H groups in total. The van der Waals surface area contributed by atoms with Crippen molar-refractivity contribution in [2.45, 2.75) is 33.6 Å². The molecule has 0 spiro atoms. The van der Waals surface area contributed by atoms with Gasteiger partial charge >= 0.3 is 0 Å². The second-order valence-electron chi connectivity index (χ2n) is 4.48. The molecule has 1 rings (SSSR count). The molecule has 0 heterocycles. The molecule has 1 amide bonds. The molecule has 3 heteroatoms. The van der Waals surface area contributed by atoms with E-state index in [2.05, 4.69) is 12.2 Å². The van der Waals surface area contributed by atoms with E-state index in [1.54, 1.807) is 0 Å². The Morgan fingerprint density at radius 1 is 1.36 bits per heavy atom.